The summed E-state index contributed by atoms with van der Waals surface area (Å²) in [6.07, 6.45) is 0.280. The first-order chi connectivity index (χ1) is 12.5. The molecule has 1 heterocycles. The van der Waals surface area contributed by atoms with Gasteiger partial charge < -0.3 is 25.0 Å². The molecule has 2 atom stereocenters. The van der Waals surface area contributed by atoms with Crippen molar-refractivity contribution in [3.8, 4) is 5.75 Å². The van der Waals surface area contributed by atoms with E-state index < -0.39 is 18.1 Å². The fraction of sp³-hybridized carbons (Fsp3) is 0.500. The van der Waals surface area contributed by atoms with Crippen LogP contribution in [0.5, 0.6) is 5.75 Å². The van der Waals surface area contributed by atoms with Gasteiger partial charge in [0.25, 0.3) is 0 Å². The maximum Gasteiger partial charge on any atom is 0.328 e. The molecule has 0 saturated carbocycles. The van der Waals surface area contributed by atoms with Crippen LogP contribution in [0.4, 0.5) is 0 Å². The minimum absolute atomic E-state index is 0.170. The van der Waals surface area contributed by atoms with E-state index in [1.165, 1.54) is 18.9 Å². The average molecular weight is 363 g/mol. The third kappa shape index (κ3) is 4.95. The molecule has 1 aliphatic heterocycles. The van der Waals surface area contributed by atoms with Crippen LogP contribution in [0.1, 0.15) is 12.5 Å². The molecule has 1 aromatic rings. The second-order valence-electron chi connectivity index (χ2n) is 6.07. The van der Waals surface area contributed by atoms with Crippen molar-refractivity contribution in [2.24, 2.45) is 0 Å². The summed E-state index contributed by atoms with van der Waals surface area (Å²) in [6.45, 7) is 2.87. The van der Waals surface area contributed by atoms with Gasteiger partial charge in [-0.3, -0.25) is 9.59 Å². The van der Waals surface area contributed by atoms with Gasteiger partial charge >= 0.3 is 5.97 Å². The zero-order chi connectivity index (χ0) is 19.1. The number of carbonyl (C=O) groups is 3. The van der Waals surface area contributed by atoms with Gasteiger partial charge in [0.15, 0.2) is 0 Å². The Morgan fingerprint density at radius 1 is 1.27 bits per heavy atom. The Balaban J connectivity index is 2.09. The van der Waals surface area contributed by atoms with Gasteiger partial charge in [0.05, 0.1) is 14.2 Å². The van der Waals surface area contributed by atoms with Crippen molar-refractivity contribution in [2.45, 2.75) is 25.4 Å². The minimum Gasteiger partial charge on any atom is -0.497 e. The maximum absolute atomic E-state index is 12.7. The van der Waals surface area contributed by atoms with Gasteiger partial charge in [-0.2, -0.15) is 0 Å². The number of rotatable bonds is 6. The number of nitrogens with one attached hydrogen (secondary N) is 2. The lowest BCUT2D eigenvalue weighted by Gasteiger charge is -2.35. The van der Waals surface area contributed by atoms with E-state index in [1.54, 1.807) is 19.2 Å². The van der Waals surface area contributed by atoms with Gasteiger partial charge in [0.2, 0.25) is 11.8 Å². The number of esters is 1. The van der Waals surface area contributed by atoms with Crippen LogP contribution in [0.15, 0.2) is 24.3 Å². The first kappa shape index (κ1) is 19.7. The number of hydrogen-bond donors (Lipinski definition) is 2. The highest BCUT2D eigenvalue weighted by molar-refractivity contribution is 5.90. The molecule has 1 aromatic carbocycles. The van der Waals surface area contributed by atoms with Crippen LogP contribution in [0.3, 0.4) is 0 Å². The summed E-state index contributed by atoms with van der Waals surface area (Å²) in [4.78, 5) is 38.0. The van der Waals surface area contributed by atoms with Crippen molar-refractivity contribution in [3.05, 3.63) is 29.8 Å². The minimum atomic E-state index is -0.836. The molecule has 0 aromatic heterocycles. The SMILES string of the molecule is COC(=O)C(Cc1ccc(OC)cc1)NC(=O)C1CNCCN1C(C)=O. The zero-order valence-electron chi connectivity index (χ0n) is 15.3. The number of ether oxygens (including phenoxy) is 2. The van der Waals surface area contributed by atoms with E-state index in [0.717, 1.165) is 5.56 Å². The highest BCUT2D eigenvalue weighted by Gasteiger charge is 2.33. The molecule has 1 aliphatic rings. The van der Waals surface area contributed by atoms with Crippen LogP contribution >= 0.6 is 0 Å². The molecule has 2 amide bonds. The van der Waals surface area contributed by atoms with E-state index in [9.17, 15) is 14.4 Å². The van der Waals surface area contributed by atoms with Crippen molar-refractivity contribution in [3.63, 3.8) is 0 Å². The van der Waals surface area contributed by atoms with E-state index in [1.807, 2.05) is 12.1 Å². The van der Waals surface area contributed by atoms with E-state index in [4.69, 9.17) is 9.47 Å². The molecule has 8 heteroatoms. The molecule has 0 aliphatic carbocycles. The average Bonchev–Trinajstić information content (AvgIpc) is 2.67. The maximum atomic E-state index is 12.7. The quantitative estimate of drug-likeness (QED) is 0.675. The molecule has 2 rings (SSSR count). The van der Waals surface area contributed by atoms with Crippen LogP contribution in [0, 0.1) is 0 Å². The Kier molecular flexibility index (Phi) is 6.97. The monoisotopic (exact) mass is 363 g/mol. The molecule has 2 N–H and O–H groups in total. The highest BCUT2D eigenvalue weighted by atomic mass is 16.5. The highest BCUT2D eigenvalue weighted by Crippen LogP contribution is 2.13. The lowest BCUT2D eigenvalue weighted by atomic mass is 10.0. The van der Waals surface area contributed by atoms with Crippen molar-refractivity contribution in [2.75, 3.05) is 33.9 Å². The molecule has 142 valence electrons. The van der Waals surface area contributed by atoms with Crippen LogP contribution < -0.4 is 15.4 Å². The number of methoxy groups -OCH3 is 2. The van der Waals surface area contributed by atoms with Gasteiger partial charge in [-0.05, 0) is 17.7 Å². The summed E-state index contributed by atoms with van der Waals surface area (Å²) in [7, 11) is 2.85. The molecular weight excluding hydrogens is 338 g/mol. The Bertz CT molecular complexity index is 647. The first-order valence-corrected chi connectivity index (χ1v) is 8.45. The molecule has 0 spiro atoms. The summed E-state index contributed by atoms with van der Waals surface area (Å²) in [5.41, 5.74) is 0.853. The van der Waals surface area contributed by atoms with E-state index >= 15 is 0 Å². The summed E-state index contributed by atoms with van der Waals surface area (Å²) in [6, 6.07) is 5.73. The summed E-state index contributed by atoms with van der Waals surface area (Å²) >= 11 is 0. The smallest absolute Gasteiger partial charge is 0.328 e. The second kappa shape index (κ2) is 9.19. The molecule has 26 heavy (non-hydrogen) atoms. The lowest BCUT2D eigenvalue weighted by molar-refractivity contribution is -0.147. The number of carbonyl (C=O) groups excluding carboxylic acids is 3. The molecular formula is C18H25N3O5. The normalized spacial score (nSPS) is 18.0. The largest absolute Gasteiger partial charge is 0.497 e. The third-order valence-electron chi connectivity index (χ3n) is 4.35. The summed E-state index contributed by atoms with van der Waals surface area (Å²) in [5.74, 6) is -0.377. The molecule has 0 bridgehead atoms. The Hall–Kier alpha value is -2.61. The topological polar surface area (TPSA) is 97.0 Å². The number of benzene rings is 1. The van der Waals surface area contributed by atoms with Gasteiger partial charge in [0, 0.05) is 33.0 Å². The molecule has 0 radical (unpaired) electrons. The van der Waals surface area contributed by atoms with E-state index in [2.05, 4.69) is 10.6 Å². The second-order valence-corrected chi connectivity index (χ2v) is 6.07. The summed E-state index contributed by atoms with van der Waals surface area (Å²) < 4.78 is 9.93. The molecule has 1 saturated heterocycles. The zero-order valence-corrected chi connectivity index (χ0v) is 15.3. The van der Waals surface area contributed by atoms with E-state index in [-0.39, 0.29) is 18.2 Å². The molecule has 2 unspecified atom stereocenters. The standard InChI is InChI=1S/C18H25N3O5/c1-12(22)21-9-8-19-11-16(21)17(23)20-15(18(24)26-3)10-13-4-6-14(25-2)7-5-13/h4-7,15-16,19H,8-11H2,1-3H3,(H,20,23). The number of amides is 2. The number of hydrogen-bond acceptors (Lipinski definition) is 6. The predicted molar refractivity (Wildman–Crippen MR) is 94.7 cm³/mol. The fourth-order valence-electron chi connectivity index (χ4n) is 2.92. The van der Waals surface area contributed by atoms with Gasteiger partial charge in [-0.15, -0.1) is 0 Å². The van der Waals surface area contributed by atoms with E-state index in [0.29, 0.717) is 25.4 Å². The lowest BCUT2D eigenvalue weighted by Crippen LogP contribution is -2.61. The molecule has 8 nitrogen and oxygen atoms in total. The third-order valence-corrected chi connectivity index (χ3v) is 4.35. The molecule has 1 fully saturated rings. The fourth-order valence-corrected chi connectivity index (χ4v) is 2.92. The Morgan fingerprint density at radius 2 is 1.96 bits per heavy atom. The van der Waals surface area contributed by atoms with Gasteiger partial charge in [-0.25, -0.2) is 4.79 Å². The van der Waals surface area contributed by atoms with Crippen molar-refractivity contribution in [1.29, 1.82) is 0 Å². The summed E-state index contributed by atoms with van der Waals surface area (Å²) in [5, 5.41) is 5.82. The number of piperazine rings is 1. The first-order valence-electron chi connectivity index (χ1n) is 8.45. The van der Waals surface area contributed by atoms with Crippen molar-refractivity contribution < 1.29 is 23.9 Å². The Labute approximate surface area is 152 Å². The van der Waals surface area contributed by atoms with Crippen molar-refractivity contribution in [1.82, 2.24) is 15.5 Å². The predicted octanol–water partition coefficient (Wildman–Crippen LogP) is -0.284. The van der Waals surface area contributed by atoms with Crippen LogP contribution in [0.25, 0.3) is 0 Å². The van der Waals surface area contributed by atoms with Gasteiger partial charge in [-0.1, -0.05) is 12.1 Å². The van der Waals surface area contributed by atoms with Gasteiger partial charge in [0.1, 0.15) is 17.8 Å². The number of nitrogens with zero attached hydrogens (tertiary/aromatic N) is 1. The van der Waals surface area contributed by atoms with Crippen molar-refractivity contribution >= 4 is 17.8 Å². The van der Waals surface area contributed by atoms with Crippen LogP contribution in [0.2, 0.25) is 0 Å². The van der Waals surface area contributed by atoms with Crippen LogP contribution in [-0.2, 0) is 25.5 Å². The Morgan fingerprint density at radius 3 is 2.54 bits per heavy atom. The van der Waals surface area contributed by atoms with Crippen LogP contribution in [-0.4, -0.2) is 68.6 Å².